The van der Waals surface area contributed by atoms with Gasteiger partial charge in [0.1, 0.15) is 17.6 Å². The molecule has 0 spiro atoms. The molecule has 26 heavy (non-hydrogen) atoms. The van der Waals surface area contributed by atoms with Gasteiger partial charge in [0.05, 0.1) is 11.4 Å². The van der Waals surface area contributed by atoms with Crippen LogP contribution in [-0.4, -0.2) is 22.2 Å². The molecule has 0 bridgehead atoms. The zero-order valence-electron chi connectivity index (χ0n) is 14.9. The number of amides is 1. The summed E-state index contributed by atoms with van der Waals surface area (Å²) in [5, 5.41) is 13.2. The lowest BCUT2D eigenvalue weighted by Crippen LogP contribution is -2.45. The van der Waals surface area contributed by atoms with E-state index >= 15 is 0 Å². The number of hydrogen-bond donors (Lipinski definition) is 2. The fraction of sp³-hybridized carbons (Fsp3) is 0.300. The van der Waals surface area contributed by atoms with Gasteiger partial charge in [0.2, 0.25) is 0 Å². The van der Waals surface area contributed by atoms with Crippen molar-refractivity contribution in [3.63, 3.8) is 0 Å². The molecular weight excluding hydrogens is 344 g/mol. The van der Waals surface area contributed by atoms with Gasteiger partial charge in [-0.2, -0.15) is 5.10 Å². The fourth-order valence-corrected chi connectivity index (χ4v) is 3.81. The maximum Gasteiger partial charge on any atom is 0.269 e. The number of fused-ring (bicyclic) bond motifs is 1. The lowest BCUT2D eigenvalue weighted by atomic mass is 10.0. The predicted molar refractivity (Wildman–Crippen MR) is 104 cm³/mol. The third-order valence-electron chi connectivity index (χ3n) is 4.68. The summed E-state index contributed by atoms with van der Waals surface area (Å²) in [6.45, 7) is 5.65. The standard InChI is InChI=1S/C20H22N4OS/c1-13(2)15-7-5-14(6-8-15)11-21-19-12-22-20(25)17-10-16(23-24(17)19)18-4-3-9-26-18/h3-10,13,19,21H,11-12H2,1-2H3,(H,22,25). The van der Waals surface area contributed by atoms with Gasteiger partial charge in [0, 0.05) is 6.54 Å². The van der Waals surface area contributed by atoms with Gasteiger partial charge in [-0.15, -0.1) is 11.3 Å². The third-order valence-corrected chi connectivity index (χ3v) is 5.57. The SMILES string of the molecule is CC(C)c1ccc(CNC2CNC(=O)c3cc(-c4cccs4)nn32)cc1. The number of nitrogens with zero attached hydrogens (tertiary/aromatic N) is 2. The molecule has 0 radical (unpaired) electrons. The highest BCUT2D eigenvalue weighted by Crippen LogP contribution is 2.26. The Morgan fingerprint density at radius 3 is 2.81 bits per heavy atom. The maximum atomic E-state index is 12.2. The molecule has 0 fully saturated rings. The average molecular weight is 366 g/mol. The summed E-state index contributed by atoms with van der Waals surface area (Å²) in [5.41, 5.74) is 4.01. The molecule has 3 heterocycles. The van der Waals surface area contributed by atoms with Gasteiger partial charge < -0.3 is 5.32 Å². The van der Waals surface area contributed by atoms with Crippen LogP contribution in [0.5, 0.6) is 0 Å². The van der Waals surface area contributed by atoms with Gasteiger partial charge in [-0.25, -0.2) is 4.68 Å². The third kappa shape index (κ3) is 3.30. The van der Waals surface area contributed by atoms with Crippen molar-refractivity contribution in [3.05, 3.63) is 64.7 Å². The maximum absolute atomic E-state index is 12.2. The van der Waals surface area contributed by atoms with Gasteiger partial charge in [0.25, 0.3) is 5.91 Å². The Hall–Kier alpha value is -2.44. The summed E-state index contributed by atoms with van der Waals surface area (Å²) in [7, 11) is 0. The summed E-state index contributed by atoms with van der Waals surface area (Å²) < 4.78 is 1.82. The largest absolute Gasteiger partial charge is 0.347 e. The Morgan fingerprint density at radius 1 is 1.31 bits per heavy atom. The molecule has 1 aromatic carbocycles. The summed E-state index contributed by atoms with van der Waals surface area (Å²) in [5.74, 6) is 0.465. The smallest absolute Gasteiger partial charge is 0.269 e. The van der Waals surface area contributed by atoms with Crippen LogP contribution in [-0.2, 0) is 6.54 Å². The summed E-state index contributed by atoms with van der Waals surface area (Å²) in [6.07, 6.45) is -0.0545. The number of thiophene rings is 1. The van der Waals surface area contributed by atoms with Crippen molar-refractivity contribution in [2.45, 2.75) is 32.5 Å². The van der Waals surface area contributed by atoms with E-state index in [0.717, 1.165) is 17.1 Å². The molecule has 1 atom stereocenters. The van der Waals surface area contributed by atoms with E-state index in [1.165, 1.54) is 11.1 Å². The van der Waals surface area contributed by atoms with Gasteiger partial charge in [-0.1, -0.05) is 44.2 Å². The molecular formula is C20H22N4OS. The quantitative estimate of drug-likeness (QED) is 0.723. The highest BCUT2D eigenvalue weighted by Gasteiger charge is 2.27. The van der Waals surface area contributed by atoms with Crippen molar-refractivity contribution in [2.75, 3.05) is 6.54 Å². The molecule has 3 aromatic rings. The van der Waals surface area contributed by atoms with Crippen LogP contribution in [0.1, 0.15) is 47.5 Å². The predicted octanol–water partition coefficient (Wildman–Crippen LogP) is 3.77. The van der Waals surface area contributed by atoms with E-state index in [0.29, 0.717) is 18.2 Å². The zero-order chi connectivity index (χ0) is 18.1. The second-order valence-corrected chi connectivity index (χ2v) is 7.79. The molecule has 6 heteroatoms. The minimum absolute atomic E-state index is 0.0545. The van der Waals surface area contributed by atoms with Crippen LogP contribution < -0.4 is 10.6 Å². The molecule has 4 rings (SSSR count). The zero-order valence-corrected chi connectivity index (χ0v) is 15.7. The molecule has 2 N–H and O–H groups in total. The molecule has 1 aliphatic rings. The molecule has 0 aliphatic carbocycles. The Balaban J connectivity index is 1.51. The molecule has 1 unspecified atom stereocenters. The summed E-state index contributed by atoms with van der Waals surface area (Å²) in [6, 6.07) is 14.6. The van der Waals surface area contributed by atoms with Crippen molar-refractivity contribution >= 4 is 17.2 Å². The van der Waals surface area contributed by atoms with Crippen molar-refractivity contribution in [1.82, 2.24) is 20.4 Å². The van der Waals surface area contributed by atoms with Crippen LogP contribution in [0.15, 0.2) is 47.8 Å². The molecule has 134 valence electrons. The molecule has 1 amide bonds. The first kappa shape index (κ1) is 17.0. The lowest BCUT2D eigenvalue weighted by Gasteiger charge is -2.25. The Bertz CT molecular complexity index is 897. The fourth-order valence-electron chi connectivity index (χ4n) is 3.13. The Labute approximate surface area is 157 Å². The second-order valence-electron chi connectivity index (χ2n) is 6.84. The number of carbonyl (C=O) groups is 1. The number of hydrogen-bond acceptors (Lipinski definition) is 4. The first-order valence-electron chi connectivity index (χ1n) is 8.85. The number of carbonyl (C=O) groups excluding carboxylic acids is 1. The van der Waals surface area contributed by atoms with Gasteiger partial charge in [-0.05, 0) is 34.6 Å². The van der Waals surface area contributed by atoms with Gasteiger partial charge in [-0.3, -0.25) is 10.1 Å². The number of aromatic nitrogens is 2. The van der Waals surface area contributed by atoms with Crippen LogP contribution in [0, 0.1) is 0 Å². The second kappa shape index (κ2) is 7.05. The van der Waals surface area contributed by atoms with E-state index in [1.54, 1.807) is 11.3 Å². The first-order chi connectivity index (χ1) is 12.6. The van der Waals surface area contributed by atoms with Crippen molar-refractivity contribution in [1.29, 1.82) is 0 Å². The monoisotopic (exact) mass is 366 g/mol. The Morgan fingerprint density at radius 2 is 2.12 bits per heavy atom. The van der Waals surface area contributed by atoms with E-state index in [9.17, 15) is 4.79 Å². The highest BCUT2D eigenvalue weighted by atomic mass is 32.1. The molecule has 1 aliphatic heterocycles. The van der Waals surface area contributed by atoms with E-state index in [4.69, 9.17) is 0 Å². The molecule has 0 saturated heterocycles. The minimum Gasteiger partial charge on any atom is -0.347 e. The average Bonchev–Trinajstić information content (AvgIpc) is 3.31. The van der Waals surface area contributed by atoms with Crippen LogP contribution >= 0.6 is 11.3 Å². The Kier molecular flexibility index (Phi) is 4.61. The normalized spacial score (nSPS) is 16.6. The summed E-state index contributed by atoms with van der Waals surface area (Å²) in [4.78, 5) is 13.3. The number of nitrogens with one attached hydrogen (secondary N) is 2. The van der Waals surface area contributed by atoms with Gasteiger partial charge >= 0.3 is 0 Å². The van der Waals surface area contributed by atoms with Crippen LogP contribution in [0.25, 0.3) is 10.6 Å². The van der Waals surface area contributed by atoms with Crippen LogP contribution in [0.2, 0.25) is 0 Å². The van der Waals surface area contributed by atoms with Crippen molar-refractivity contribution in [3.8, 4) is 10.6 Å². The van der Waals surface area contributed by atoms with E-state index < -0.39 is 0 Å². The minimum atomic E-state index is -0.0698. The number of benzene rings is 1. The van der Waals surface area contributed by atoms with Crippen molar-refractivity contribution in [2.24, 2.45) is 0 Å². The van der Waals surface area contributed by atoms with Crippen molar-refractivity contribution < 1.29 is 4.79 Å². The lowest BCUT2D eigenvalue weighted by molar-refractivity contribution is 0.0900. The molecule has 2 aromatic heterocycles. The van der Waals surface area contributed by atoms with Crippen LogP contribution in [0.3, 0.4) is 0 Å². The van der Waals surface area contributed by atoms with E-state index in [-0.39, 0.29) is 12.1 Å². The molecule has 5 nitrogen and oxygen atoms in total. The van der Waals surface area contributed by atoms with Gasteiger partial charge in [0.15, 0.2) is 0 Å². The molecule has 0 saturated carbocycles. The highest BCUT2D eigenvalue weighted by molar-refractivity contribution is 7.13. The topological polar surface area (TPSA) is 58.9 Å². The van der Waals surface area contributed by atoms with E-state index in [1.807, 2.05) is 28.3 Å². The number of rotatable bonds is 5. The van der Waals surface area contributed by atoms with Crippen LogP contribution in [0.4, 0.5) is 0 Å². The van der Waals surface area contributed by atoms with E-state index in [2.05, 4.69) is 53.8 Å². The summed E-state index contributed by atoms with van der Waals surface area (Å²) >= 11 is 1.63. The first-order valence-corrected chi connectivity index (χ1v) is 9.73.